The van der Waals surface area contributed by atoms with E-state index in [2.05, 4.69) is 79.1 Å². The standard InChI is InChI=1S/C24H42N4/c1-6-7-8-9-10-11-12-13-22(23-16-14-20(25-23)18-27(2)3)24-17-15-21(26-24)19-28(4)5/h14-17,22,25-26H,6-13,18-19H2,1-5H3. The topological polar surface area (TPSA) is 38.1 Å². The van der Waals surface area contributed by atoms with Gasteiger partial charge in [0.05, 0.1) is 0 Å². The number of aromatic nitrogens is 2. The zero-order valence-corrected chi connectivity index (χ0v) is 18.9. The van der Waals surface area contributed by atoms with Crippen LogP contribution in [0.3, 0.4) is 0 Å². The second-order valence-electron chi connectivity index (χ2n) is 8.82. The van der Waals surface area contributed by atoms with Crippen molar-refractivity contribution in [1.82, 2.24) is 19.8 Å². The molecule has 4 heteroatoms. The Morgan fingerprint density at radius 3 is 1.61 bits per heavy atom. The Balaban J connectivity index is 2.01. The first kappa shape index (κ1) is 22.8. The fraction of sp³-hybridized carbons (Fsp3) is 0.667. The first-order chi connectivity index (χ1) is 13.5. The lowest BCUT2D eigenvalue weighted by molar-refractivity contribution is 0.396. The molecular weight excluding hydrogens is 344 g/mol. The average molecular weight is 387 g/mol. The number of unbranched alkanes of at least 4 members (excludes halogenated alkanes) is 6. The minimum Gasteiger partial charge on any atom is -0.361 e. The monoisotopic (exact) mass is 386 g/mol. The van der Waals surface area contributed by atoms with Crippen molar-refractivity contribution in [2.75, 3.05) is 28.2 Å². The molecule has 158 valence electrons. The second kappa shape index (κ2) is 12.1. The zero-order chi connectivity index (χ0) is 20.4. The van der Waals surface area contributed by atoms with Crippen molar-refractivity contribution < 1.29 is 0 Å². The van der Waals surface area contributed by atoms with Crippen molar-refractivity contribution >= 4 is 0 Å². The van der Waals surface area contributed by atoms with Crippen LogP contribution in [0.2, 0.25) is 0 Å². The maximum absolute atomic E-state index is 3.69. The second-order valence-corrected chi connectivity index (χ2v) is 8.82. The highest BCUT2D eigenvalue weighted by molar-refractivity contribution is 5.28. The smallest absolute Gasteiger partial charge is 0.0392 e. The predicted molar refractivity (Wildman–Crippen MR) is 121 cm³/mol. The molecule has 0 bridgehead atoms. The van der Waals surface area contributed by atoms with E-state index in [-0.39, 0.29) is 0 Å². The molecule has 0 aromatic carbocycles. The van der Waals surface area contributed by atoms with Crippen molar-refractivity contribution in [1.29, 1.82) is 0 Å². The third-order valence-electron chi connectivity index (χ3n) is 5.36. The van der Waals surface area contributed by atoms with Crippen LogP contribution in [0, 0.1) is 0 Å². The molecule has 2 rings (SSSR count). The lowest BCUT2D eigenvalue weighted by Crippen LogP contribution is -2.12. The summed E-state index contributed by atoms with van der Waals surface area (Å²) in [4.78, 5) is 11.8. The summed E-state index contributed by atoms with van der Waals surface area (Å²) < 4.78 is 0. The Hall–Kier alpha value is -1.52. The van der Waals surface area contributed by atoms with Crippen LogP contribution < -0.4 is 0 Å². The van der Waals surface area contributed by atoms with Crippen LogP contribution in [0.15, 0.2) is 24.3 Å². The summed E-state index contributed by atoms with van der Waals surface area (Å²) in [5.41, 5.74) is 5.29. The fourth-order valence-corrected chi connectivity index (χ4v) is 3.97. The van der Waals surface area contributed by atoms with Crippen LogP contribution in [-0.4, -0.2) is 48.0 Å². The molecule has 0 aliphatic carbocycles. The summed E-state index contributed by atoms with van der Waals surface area (Å²) in [6, 6.07) is 9.07. The molecule has 0 fully saturated rings. The van der Waals surface area contributed by atoms with Gasteiger partial charge in [-0.1, -0.05) is 51.9 Å². The first-order valence-electron chi connectivity index (χ1n) is 11.1. The highest BCUT2D eigenvalue weighted by Gasteiger charge is 2.18. The van der Waals surface area contributed by atoms with Gasteiger partial charge in [0.15, 0.2) is 0 Å². The number of nitrogens with one attached hydrogen (secondary N) is 2. The van der Waals surface area contributed by atoms with E-state index in [1.807, 2.05) is 0 Å². The van der Waals surface area contributed by atoms with Gasteiger partial charge in [-0.2, -0.15) is 0 Å². The minimum atomic E-state index is 0.433. The first-order valence-corrected chi connectivity index (χ1v) is 11.1. The average Bonchev–Trinajstić information content (AvgIpc) is 3.26. The van der Waals surface area contributed by atoms with Gasteiger partial charge >= 0.3 is 0 Å². The maximum Gasteiger partial charge on any atom is 0.0392 e. The molecule has 2 aromatic rings. The van der Waals surface area contributed by atoms with Crippen LogP contribution in [0.1, 0.15) is 87.0 Å². The normalized spacial score (nSPS) is 12.0. The Kier molecular flexibility index (Phi) is 9.86. The van der Waals surface area contributed by atoms with Crippen LogP contribution in [0.4, 0.5) is 0 Å². The molecule has 2 heterocycles. The summed E-state index contributed by atoms with van der Waals surface area (Å²) in [5, 5.41) is 0. The molecule has 0 saturated carbocycles. The molecule has 0 aliphatic heterocycles. The van der Waals surface area contributed by atoms with Crippen molar-refractivity contribution in [3.8, 4) is 0 Å². The largest absolute Gasteiger partial charge is 0.361 e. The molecule has 0 spiro atoms. The van der Waals surface area contributed by atoms with Gasteiger partial charge in [0.2, 0.25) is 0 Å². The lowest BCUT2D eigenvalue weighted by atomic mass is 9.94. The lowest BCUT2D eigenvalue weighted by Gasteiger charge is -2.16. The molecule has 0 aliphatic rings. The van der Waals surface area contributed by atoms with E-state index in [0.29, 0.717) is 5.92 Å². The van der Waals surface area contributed by atoms with E-state index < -0.39 is 0 Å². The van der Waals surface area contributed by atoms with Crippen LogP contribution in [0.5, 0.6) is 0 Å². The van der Waals surface area contributed by atoms with Gasteiger partial charge in [0.25, 0.3) is 0 Å². The van der Waals surface area contributed by atoms with Gasteiger partial charge in [0, 0.05) is 41.8 Å². The number of H-pyrrole nitrogens is 2. The van der Waals surface area contributed by atoms with Crippen LogP contribution in [0.25, 0.3) is 0 Å². The molecule has 0 saturated heterocycles. The van der Waals surface area contributed by atoms with Crippen molar-refractivity contribution in [3.05, 3.63) is 47.0 Å². The summed E-state index contributed by atoms with van der Waals surface area (Å²) in [7, 11) is 8.48. The Bertz CT molecular complexity index is 605. The van der Waals surface area contributed by atoms with E-state index in [1.165, 1.54) is 74.1 Å². The number of nitrogens with zero attached hydrogens (tertiary/aromatic N) is 2. The molecule has 28 heavy (non-hydrogen) atoms. The number of rotatable bonds is 14. The van der Waals surface area contributed by atoms with Gasteiger partial charge < -0.3 is 19.8 Å². The molecule has 0 unspecified atom stereocenters. The zero-order valence-electron chi connectivity index (χ0n) is 18.9. The Morgan fingerprint density at radius 2 is 1.14 bits per heavy atom. The van der Waals surface area contributed by atoms with Crippen LogP contribution in [-0.2, 0) is 13.1 Å². The van der Waals surface area contributed by atoms with Crippen molar-refractivity contribution in [2.24, 2.45) is 0 Å². The Labute approximate surface area is 172 Å². The predicted octanol–water partition coefficient (Wildman–Crippen LogP) is 5.74. The van der Waals surface area contributed by atoms with Crippen molar-refractivity contribution in [2.45, 2.75) is 77.3 Å². The van der Waals surface area contributed by atoms with Gasteiger partial charge in [-0.25, -0.2) is 0 Å². The molecule has 0 amide bonds. The summed E-state index contributed by atoms with van der Waals surface area (Å²) in [6.45, 7) is 4.20. The third-order valence-corrected chi connectivity index (χ3v) is 5.36. The minimum absolute atomic E-state index is 0.433. The molecule has 0 atom stereocenters. The van der Waals surface area contributed by atoms with E-state index in [0.717, 1.165) is 13.1 Å². The van der Waals surface area contributed by atoms with Gasteiger partial charge in [0.1, 0.15) is 0 Å². The van der Waals surface area contributed by atoms with E-state index >= 15 is 0 Å². The SMILES string of the molecule is CCCCCCCCCC(c1ccc(CN(C)C)[nH]1)c1ccc(CN(C)C)[nH]1. The number of hydrogen-bond acceptors (Lipinski definition) is 2. The number of hydrogen-bond donors (Lipinski definition) is 2. The number of aromatic amines is 2. The summed E-state index contributed by atoms with van der Waals surface area (Å²) in [5.74, 6) is 0.433. The highest BCUT2D eigenvalue weighted by atomic mass is 15.1. The molecule has 0 radical (unpaired) electrons. The van der Waals surface area contributed by atoms with Gasteiger partial charge in [-0.05, 0) is 58.9 Å². The van der Waals surface area contributed by atoms with E-state index in [1.54, 1.807) is 0 Å². The fourth-order valence-electron chi connectivity index (χ4n) is 3.97. The molecular formula is C24H42N4. The summed E-state index contributed by atoms with van der Waals surface area (Å²) in [6.07, 6.45) is 10.7. The Morgan fingerprint density at radius 1 is 0.679 bits per heavy atom. The molecule has 4 nitrogen and oxygen atoms in total. The third kappa shape index (κ3) is 7.84. The van der Waals surface area contributed by atoms with E-state index in [4.69, 9.17) is 0 Å². The van der Waals surface area contributed by atoms with E-state index in [9.17, 15) is 0 Å². The summed E-state index contributed by atoms with van der Waals surface area (Å²) >= 11 is 0. The van der Waals surface area contributed by atoms with Gasteiger partial charge in [-0.15, -0.1) is 0 Å². The highest BCUT2D eigenvalue weighted by Crippen LogP contribution is 2.30. The van der Waals surface area contributed by atoms with Crippen molar-refractivity contribution in [3.63, 3.8) is 0 Å². The van der Waals surface area contributed by atoms with Crippen LogP contribution >= 0.6 is 0 Å². The molecule has 2 aromatic heterocycles. The quantitative estimate of drug-likeness (QED) is 0.406. The maximum atomic E-state index is 3.69. The molecule has 2 N–H and O–H groups in total. The van der Waals surface area contributed by atoms with Gasteiger partial charge in [-0.3, -0.25) is 0 Å².